The molecule has 2 radical (unpaired) electrons. The first kappa shape index (κ1) is 23.6. The van der Waals surface area contributed by atoms with Crippen molar-refractivity contribution in [1.29, 1.82) is 0 Å². The van der Waals surface area contributed by atoms with Crippen LogP contribution in [0.5, 0.6) is 0 Å². The van der Waals surface area contributed by atoms with E-state index in [1.807, 2.05) is 0 Å². The molecule has 0 spiro atoms. The van der Waals surface area contributed by atoms with Crippen LogP contribution < -0.4 is 5.32 Å². The minimum absolute atomic E-state index is 0. The van der Waals surface area contributed by atoms with Gasteiger partial charge in [-0.05, 0) is 6.42 Å². The Balaban J connectivity index is -0.00000112. The van der Waals surface area contributed by atoms with Crippen LogP contribution in [0, 0.1) is 0 Å². The van der Waals surface area contributed by atoms with Crippen molar-refractivity contribution in [2.45, 2.75) is 12.8 Å². The summed E-state index contributed by atoms with van der Waals surface area (Å²) >= 11 is 0. The van der Waals surface area contributed by atoms with Gasteiger partial charge < -0.3 is 25.0 Å². The van der Waals surface area contributed by atoms with E-state index in [0.717, 1.165) is 0 Å². The van der Waals surface area contributed by atoms with Gasteiger partial charge in [-0.25, -0.2) is 0 Å². The molecular weight excluding hydrogens is 316 g/mol. The van der Waals surface area contributed by atoms with E-state index in [-0.39, 0.29) is 56.2 Å². The number of aliphatic hydroxyl groups excluding tert-OH is 2. The molecule has 106 valence electrons. The third-order valence-corrected chi connectivity index (χ3v) is 1.74. The quantitative estimate of drug-likeness (QED) is 0.417. The van der Waals surface area contributed by atoms with Gasteiger partial charge in [0, 0.05) is 56.7 Å². The molecule has 3 N–H and O–H groups in total. The Labute approximate surface area is 132 Å². The number of amides is 1. The number of ether oxygens (including phenoxy) is 2. The molecule has 0 aliphatic rings. The van der Waals surface area contributed by atoms with Crippen LogP contribution in [0.3, 0.4) is 0 Å². The van der Waals surface area contributed by atoms with Crippen molar-refractivity contribution in [3.63, 3.8) is 0 Å². The number of hydrogen-bond acceptors (Lipinski definition) is 5. The molecule has 0 saturated heterocycles. The summed E-state index contributed by atoms with van der Waals surface area (Å²) in [6.07, 6.45) is 0.831. The van der Waals surface area contributed by atoms with Crippen LogP contribution in [-0.2, 0) is 51.4 Å². The maximum Gasteiger partial charge on any atom is 0.220 e. The molecule has 1 amide bonds. The SMILES string of the molecule is O=C(CCCO)NCCOCCOCCO.[V].[V]. The molecular formula is C10H21NO5V2. The summed E-state index contributed by atoms with van der Waals surface area (Å²) in [4.78, 5) is 11.0. The monoisotopic (exact) mass is 337 g/mol. The maximum atomic E-state index is 11.0. The van der Waals surface area contributed by atoms with E-state index in [2.05, 4.69) is 5.32 Å². The second-order valence-electron chi connectivity index (χ2n) is 3.13. The zero-order valence-corrected chi connectivity index (χ0v) is 13.2. The van der Waals surface area contributed by atoms with Crippen molar-refractivity contribution in [2.75, 3.05) is 46.2 Å². The zero-order valence-electron chi connectivity index (χ0n) is 10.4. The van der Waals surface area contributed by atoms with Gasteiger partial charge in [-0.15, -0.1) is 0 Å². The second kappa shape index (κ2) is 19.8. The topological polar surface area (TPSA) is 88.0 Å². The van der Waals surface area contributed by atoms with Crippen molar-refractivity contribution < 1.29 is 61.6 Å². The Kier molecular flexibility index (Phi) is 25.9. The van der Waals surface area contributed by atoms with Crippen LogP contribution in [-0.4, -0.2) is 62.3 Å². The number of carbonyl (C=O) groups excluding carboxylic acids is 1. The minimum atomic E-state index is -0.0748. The largest absolute Gasteiger partial charge is 0.396 e. The van der Waals surface area contributed by atoms with Crippen LogP contribution >= 0.6 is 0 Å². The van der Waals surface area contributed by atoms with Gasteiger partial charge in [-0.3, -0.25) is 4.79 Å². The molecule has 0 bridgehead atoms. The Morgan fingerprint density at radius 1 is 0.944 bits per heavy atom. The van der Waals surface area contributed by atoms with E-state index in [1.165, 1.54) is 0 Å². The summed E-state index contributed by atoms with van der Waals surface area (Å²) in [6.45, 7) is 2.16. The first-order chi connectivity index (χ1) is 7.81. The van der Waals surface area contributed by atoms with Crippen molar-refractivity contribution in [3.05, 3.63) is 0 Å². The molecule has 0 heterocycles. The summed E-state index contributed by atoms with van der Waals surface area (Å²) in [7, 11) is 0. The average molecular weight is 337 g/mol. The molecule has 0 saturated carbocycles. The van der Waals surface area contributed by atoms with E-state index in [0.29, 0.717) is 45.8 Å². The fourth-order valence-corrected chi connectivity index (χ4v) is 0.977. The zero-order chi connectivity index (χ0) is 12.1. The Bertz CT molecular complexity index is 174. The van der Waals surface area contributed by atoms with Gasteiger partial charge in [0.2, 0.25) is 5.91 Å². The molecule has 8 heteroatoms. The van der Waals surface area contributed by atoms with Crippen LogP contribution in [0.1, 0.15) is 12.8 Å². The van der Waals surface area contributed by atoms with Crippen LogP contribution in [0.15, 0.2) is 0 Å². The van der Waals surface area contributed by atoms with E-state index in [9.17, 15) is 4.79 Å². The smallest absolute Gasteiger partial charge is 0.220 e. The Morgan fingerprint density at radius 2 is 1.56 bits per heavy atom. The predicted molar refractivity (Wildman–Crippen MR) is 58.1 cm³/mol. The standard InChI is InChI=1S/C10H21NO5.2V/c12-4-1-2-10(14)11-3-6-15-8-9-16-7-5-13;;/h12-13H,1-9H2,(H,11,14);;. The Morgan fingerprint density at radius 3 is 2.11 bits per heavy atom. The summed E-state index contributed by atoms with van der Waals surface area (Å²) in [5, 5.41) is 19.6. The normalized spacial score (nSPS) is 9.22. The fourth-order valence-electron chi connectivity index (χ4n) is 0.977. The van der Waals surface area contributed by atoms with Gasteiger partial charge in [0.1, 0.15) is 0 Å². The molecule has 6 nitrogen and oxygen atoms in total. The summed E-state index contributed by atoms with van der Waals surface area (Å²) < 4.78 is 10.1. The average Bonchev–Trinajstić information content (AvgIpc) is 2.30. The first-order valence-corrected chi connectivity index (χ1v) is 5.45. The van der Waals surface area contributed by atoms with Crippen molar-refractivity contribution in [3.8, 4) is 0 Å². The van der Waals surface area contributed by atoms with Gasteiger partial charge in [0.25, 0.3) is 0 Å². The number of hydrogen-bond donors (Lipinski definition) is 3. The third-order valence-electron chi connectivity index (χ3n) is 1.74. The number of nitrogens with one attached hydrogen (secondary N) is 1. The molecule has 0 atom stereocenters. The molecule has 18 heavy (non-hydrogen) atoms. The van der Waals surface area contributed by atoms with Gasteiger partial charge in [0.15, 0.2) is 0 Å². The van der Waals surface area contributed by atoms with E-state index >= 15 is 0 Å². The van der Waals surface area contributed by atoms with Crippen molar-refractivity contribution >= 4 is 5.91 Å². The Hall–Kier alpha value is 0.479. The molecule has 0 fully saturated rings. The summed E-state index contributed by atoms with van der Waals surface area (Å²) in [5.41, 5.74) is 0. The number of rotatable bonds is 11. The first-order valence-electron chi connectivity index (χ1n) is 5.45. The third kappa shape index (κ3) is 18.8. The van der Waals surface area contributed by atoms with E-state index in [1.54, 1.807) is 0 Å². The maximum absolute atomic E-state index is 11.0. The molecule has 0 rings (SSSR count). The van der Waals surface area contributed by atoms with Crippen LogP contribution in [0.2, 0.25) is 0 Å². The van der Waals surface area contributed by atoms with Gasteiger partial charge in [-0.2, -0.15) is 0 Å². The molecule has 0 aliphatic carbocycles. The molecule has 0 aromatic rings. The molecule has 0 aromatic heterocycles. The number of aliphatic hydroxyl groups is 2. The predicted octanol–water partition coefficient (Wildman–Crippen LogP) is -1.10. The van der Waals surface area contributed by atoms with E-state index < -0.39 is 0 Å². The molecule has 0 aromatic carbocycles. The van der Waals surface area contributed by atoms with Gasteiger partial charge in [0.05, 0.1) is 33.0 Å². The summed E-state index contributed by atoms with van der Waals surface area (Å²) in [6, 6.07) is 0. The fraction of sp³-hybridized carbons (Fsp3) is 0.900. The van der Waals surface area contributed by atoms with Gasteiger partial charge in [-0.1, -0.05) is 0 Å². The van der Waals surface area contributed by atoms with Crippen LogP contribution in [0.4, 0.5) is 0 Å². The van der Waals surface area contributed by atoms with Crippen molar-refractivity contribution in [2.24, 2.45) is 0 Å². The molecule has 0 unspecified atom stereocenters. The molecule has 0 aliphatic heterocycles. The van der Waals surface area contributed by atoms with Gasteiger partial charge >= 0.3 is 0 Å². The summed E-state index contributed by atoms with van der Waals surface area (Å²) in [5.74, 6) is -0.0748. The second-order valence-corrected chi connectivity index (χ2v) is 3.13. The van der Waals surface area contributed by atoms with Crippen molar-refractivity contribution in [1.82, 2.24) is 5.32 Å². The minimum Gasteiger partial charge on any atom is -0.396 e. The van der Waals surface area contributed by atoms with Crippen LogP contribution in [0.25, 0.3) is 0 Å². The number of carbonyl (C=O) groups is 1. The van der Waals surface area contributed by atoms with E-state index in [4.69, 9.17) is 19.7 Å².